The summed E-state index contributed by atoms with van der Waals surface area (Å²) in [6.45, 7) is 5.78. The van der Waals surface area contributed by atoms with Gasteiger partial charge in [-0.15, -0.1) is 0 Å². The van der Waals surface area contributed by atoms with Crippen LogP contribution in [-0.4, -0.2) is 49.1 Å². The molecule has 0 spiro atoms. The van der Waals surface area contributed by atoms with Gasteiger partial charge in [-0.05, 0) is 78.6 Å². The fraction of sp³-hybridized carbons (Fsp3) is 0.269. The maximum atomic E-state index is 14.1. The molecular weight excluding hydrogens is 437 g/mol. The third-order valence-corrected chi connectivity index (χ3v) is 8.13. The van der Waals surface area contributed by atoms with E-state index in [1.165, 1.54) is 12.1 Å². The van der Waals surface area contributed by atoms with Crippen molar-refractivity contribution in [3.8, 4) is 11.1 Å². The summed E-state index contributed by atoms with van der Waals surface area (Å²) in [5, 5.41) is -0.394. The first-order valence-electron chi connectivity index (χ1n) is 11.1. The zero-order valence-corrected chi connectivity index (χ0v) is 19.7. The standard InChI is InChI=1S/C26H28FN3O2S/c1-20(2)33(31,32)30-15-13-29(14-16-30)26-7-5-21(6-8-26)3-4-22-17-24(19-25(27)18-22)23-9-11-28-12-10-23/h3-12,17-20H,13-16H2,1-2H3/b4-3+. The van der Waals surface area contributed by atoms with Gasteiger partial charge in [-0.1, -0.05) is 24.3 Å². The summed E-state index contributed by atoms with van der Waals surface area (Å²) in [5.74, 6) is -0.280. The van der Waals surface area contributed by atoms with E-state index in [1.54, 1.807) is 30.5 Å². The second-order valence-electron chi connectivity index (χ2n) is 8.41. The van der Waals surface area contributed by atoms with Crippen molar-refractivity contribution in [3.05, 3.63) is 83.9 Å². The van der Waals surface area contributed by atoms with Crippen molar-refractivity contribution in [1.29, 1.82) is 0 Å². The zero-order chi connectivity index (χ0) is 23.4. The summed E-state index contributed by atoms with van der Waals surface area (Å²) in [5.41, 5.74) is 4.60. The van der Waals surface area contributed by atoms with Crippen LogP contribution in [0, 0.1) is 5.82 Å². The Kier molecular flexibility index (Phi) is 6.91. The number of hydrogen-bond acceptors (Lipinski definition) is 4. The largest absolute Gasteiger partial charge is 0.369 e. The fourth-order valence-corrected chi connectivity index (χ4v) is 5.18. The number of benzene rings is 2. The lowest BCUT2D eigenvalue weighted by molar-refractivity contribution is 0.381. The fourth-order valence-electron chi connectivity index (χ4n) is 3.91. The predicted octanol–water partition coefficient (Wildman–Crippen LogP) is 4.92. The molecule has 0 aliphatic carbocycles. The molecule has 4 rings (SSSR count). The molecule has 1 aromatic heterocycles. The van der Waals surface area contributed by atoms with Crippen LogP contribution in [0.2, 0.25) is 0 Å². The van der Waals surface area contributed by atoms with Crippen LogP contribution < -0.4 is 4.90 Å². The van der Waals surface area contributed by atoms with E-state index < -0.39 is 15.3 Å². The molecule has 33 heavy (non-hydrogen) atoms. The number of anilines is 1. The highest BCUT2D eigenvalue weighted by atomic mass is 32.2. The Morgan fingerprint density at radius 3 is 2.12 bits per heavy atom. The minimum atomic E-state index is -3.20. The van der Waals surface area contributed by atoms with E-state index in [-0.39, 0.29) is 5.82 Å². The molecule has 2 aromatic carbocycles. The van der Waals surface area contributed by atoms with Crippen molar-refractivity contribution in [2.45, 2.75) is 19.1 Å². The summed E-state index contributed by atoms with van der Waals surface area (Å²) >= 11 is 0. The van der Waals surface area contributed by atoms with Gasteiger partial charge in [-0.25, -0.2) is 12.8 Å². The van der Waals surface area contributed by atoms with Crippen molar-refractivity contribution in [3.63, 3.8) is 0 Å². The Balaban J connectivity index is 1.42. The van der Waals surface area contributed by atoms with Gasteiger partial charge in [0.25, 0.3) is 0 Å². The third-order valence-electron chi connectivity index (χ3n) is 5.85. The number of sulfonamides is 1. The maximum absolute atomic E-state index is 14.1. The Labute approximate surface area is 195 Å². The topological polar surface area (TPSA) is 53.5 Å². The number of rotatable bonds is 6. The number of halogens is 1. The second-order valence-corrected chi connectivity index (χ2v) is 10.9. The molecular formula is C26H28FN3O2S. The van der Waals surface area contributed by atoms with Gasteiger partial charge in [-0.2, -0.15) is 4.31 Å². The predicted molar refractivity (Wildman–Crippen MR) is 133 cm³/mol. The van der Waals surface area contributed by atoms with Crippen LogP contribution >= 0.6 is 0 Å². The lowest BCUT2D eigenvalue weighted by atomic mass is 10.0. The molecule has 1 fully saturated rings. The Bertz CT molecular complexity index is 1220. The summed E-state index contributed by atoms with van der Waals surface area (Å²) < 4.78 is 40.5. The van der Waals surface area contributed by atoms with E-state index in [9.17, 15) is 12.8 Å². The van der Waals surface area contributed by atoms with Gasteiger partial charge < -0.3 is 4.90 Å². The molecule has 1 aliphatic rings. The second kappa shape index (κ2) is 9.85. The van der Waals surface area contributed by atoms with Crippen LogP contribution in [-0.2, 0) is 10.0 Å². The average Bonchev–Trinajstić information content (AvgIpc) is 2.83. The van der Waals surface area contributed by atoms with Gasteiger partial charge in [0.2, 0.25) is 10.0 Å². The lowest BCUT2D eigenvalue weighted by Crippen LogP contribution is -2.50. The number of pyridine rings is 1. The molecule has 0 atom stereocenters. The summed E-state index contributed by atoms with van der Waals surface area (Å²) in [6, 6.07) is 16.8. The molecule has 0 unspecified atom stereocenters. The first-order chi connectivity index (χ1) is 15.8. The van der Waals surface area contributed by atoms with Crippen molar-refractivity contribution < 1.29 is 12.8 Å². The highest BCUT2D eigenvalue weighted by molar-refractivity contribution is 7.89. The zero-order valence-electron chi connectivity index (χ0n) is 18.9. The molecule has 1 aliphatic heterocycles. The summed E-state index contributed by atoms with van der Waals surface area (Å²) in [6.07, 6.45) is 7.25. The van der Waals surface area contributed by atoms with E-state index in [0.717, 1.165) is 27.9 Å². The molecule has 0 N–H and O–H groups in total. The third kappa shape index (κ3) is 5.49. The summed E-state index contributed by atoms with van der Waals surface area (Å²) in [7, 11) is -3.20. The molecule has 7 heteroatoms. The molecule has 0 saturated carbocycles. The van der Waals surface area contributed by atoms with Crippen LogP contribution in [0.4, 0.5) is 10.1 Å². The number of nitrogens with zero attached hydrogens (tertiary/aromatic N) is 3. The normalized spacial score (nSPS) is 15.5. The van der Waals surface area contributed by atoms with Crippen molar-refractivity contribution >= 4 is 27.9 Å². The molecule has 5 nitrogen and oxygen atoms in total. The van der Waals surface area contributed by atoms with E-state index in [1.807, 2.05) is 54.6 Å². The highest BCUT2D eigenvalue weighted by Gasteiger charge is 2.29. The number of hydrogen-bond donors (Lipinski definition) is 0. The molecule has 172 valence electrons. The van der Waals surface area contributed by atoms with E-state index in [0.29, 0.717) is 26.2 Å². The monoisotopic (exact) mass is 465 g/mol. The maximum Gasteiger partial charge on any atom is 0.216 e. The smallest absolute Gasteiger partial charge is 0.216 e. The molecule has 1 saturated heterocycles. The molecule has 0 radical (unpaired) electrons. The first-order valence-corrected chi connectivity index (χ1v) is 12.6. The molecule has 0 amide bonds. The van der Waals surface area contributed by atoms with Gasteiger partial charge in [0.05, 0.1) is 5.25 Å². The van der Waals surface area contributed by atoms with Crippen molar-refractivity contribution in [2.75, 3.05) is 31.1 Å². The van der Waals surface area contributed by atoms with Crippen LogP contribution in [0.5, 0.6) is 0 Å². The van der Waals surface area contributed by atoms with E-state index in [4.69, 9.17) is 0 Å². The Morgan fingerprint density at radius 1 is 0.848 bits per heavy atom. The van der Waals surface area contributed by atoms with Gasteiger partial charge in [0.1, 0.15) is 5.82 Å². The van der Waals surface area contributed by atoms with Gasteiger partial charge in [0, 0.05) is 44.3 Å². The summed E-state index contributed by atoms with van der Waals surface area (Å²) in [4.78, 5) is 6.22. The van der Waals surface area contributed by atoms with E-state index >= 15 is 0 Å². The average molecular weight is 466 g/mol. The van der Waals surface area contributed by atoms with Gasteiger partial charge in [-0.3, -0.25) is 4.98 Å². The lowest BCUT2D eigenvalue weighted by Gasteiger charge is -2.36. The first kappa shape index (κ1) is 23.1. The molecule has 2 heterocycles. The SMILES string of the molecule is CC(C)S(=O)(=O)N1CCN(c2ccc(/C=C/c3cc(F)cc(-c4ccncc4)c3)cc2)CC1. The highest BCUT2D eigenvalue weighted by Crippen LogP contribution is 2.24. The number of piperazine rings is 1. The molecule has 0 bridgehead atoms. The van der Waals surface area contributed by atoms with Crippen molar-refractivity contribution in [1.82, 2.24) is 9.29 Å². The Hall–Kier alpha value is -3.03. The molecule has 3 aromatic rings. The van der Waals surface area contributed by atoms with Gasteiger partial charge in [0.15, 0.2) is 0 Å². The quantitative estimate of drug-likeness (QED) is 0.485. The van der Waals surface area contributed by atoms with Crippen LogP contribution in [0.3, 0.4) is 0 Å². The minimum absolute atomic E-state index is 0.280. The van der Waals surface area contributed by atoms with Crippen molar-refractivity contribution in [2.24, 2.45) is 0 Å². The number of aromatic nitrogens is 1. The van der Waals surface area contributed by atoms with Crippen LogP contribution in [0.1, 0.15) is 25.0 Å². The van der Waals surface area contributed by atoms with Crippen LogP contribution in [0.15, 0.2) is 67.0 Å². The minimum Gasteiger partial charge on any atom is -0.369 e. The van der Waals surface area contributed by atoms with Crippen LogP contribution in [0.25, 0.3) is 23.3 Å². The van der Waals surface area contributed by atoms with E-state index in [2.05, 4.69) is 9.88 Å². The Morgan fingerprint density at radius 2 is 1.48 bits per heavy atom. The van der Waals surface area contributed by atoms with Gasteiger partial charge >= 0.3 is 0 Å².